The van der Waals surface area contributed by atoms with Crippen LogP contribution in [0, 0.1) is 12.7 Å². The van der Waals surface area contributed by atoms with Crippen LogP contribution in [0.2, 0.25) is 0 Å². The highest BCUT2D eigenvalue weighted by Gasteiger charge is 2.11. The molecule has 0 aliphatic carbocycles. The van der Waals surface area contributed by atoms with Crippen molar-refractivity contribution in [2.45, 2.75) is 6.92 Å². The van der Waals surface area contributed by atoms with E-state index in [0.29, 0.717) is 5.95 Å². The Morgan fingerprint density at radius 1 is 1.00 bits per heavy atom. The molecule has 1 heterocycles. The van der Waals surface area contributed by atoms with Crippen LogP contribution in [-0.2, 0) is 0 Å². The summed E-state index contributed by atoms with van der Waals surface area (Å²) >= 11 is 0. The number of carbonyl (C=O) groups excluding carboxylic acids is 1. The standard InChI is InChI=1S/C18H15FN4O/c1-12-6-2-4-8-14(12)22-18-20-11-10-16(23-18)17(24)21-15-9-5-3-7-13(15)19/h2-11H,1H3,(H,21,24)(H,20,22,23). The van der Waals surface area contributed by atoms with Gasteiger partial charge in [0.15, 0.2) is 0 Å². The van der Waals surface area contributed by atoms with Gasteiger partial charge in [-0.2, -0.15) is 0 Å². The van der Waals surface area contributed by atoms with Gasteiger partial charge >= 0.3 is 0 Å². The fourth-order valence-corrected chi connectivity index (χ4v) is 2.13. The summed E-state index contributed by atoms with van der Waals surface area (Å²) in [4.78, 5) is 20.5. The van der Waals surface area contributed by atoms with E-state index in [0.717, 1.165) is 11.3 Å². The summed E-state index contributed by atoms with van der Waals surface area (Å²) < 4.78 is 13.6. The molecule has 0 radical (unpaired) electrons. The zero-order valence-corrected chi connectivity index (χ0v) is 13.0. The van der Waals surface area contributed by atoms with Gasteiger partial charge < -0.3 is 10.6 Å². The minimum Gasteiger partial charge on any atom is -0.324 e. The molecule has 120 valence electrons. The van der Waals surface area contributed by atoms with Crippen molar-refractivity contribution in [3.05, 3.63) is 77.9 Å². The van der Waals surface area contributed by atoms with E-state index in [1.54, 1.807) is 12.1 Å². The van der Waals surface area contributed by atoms with E-state index in [-0.39, 0.29) is 11.4 Å². The molecule has 0 spiro atoms. The normalized spacial score (nSPS) is 10.2. The van der Waals surface area contributed by atoms with Gasteiger partial charge in [-0.25, -0.2) is 14.4 Å². The van der Waals surface area contributed by atoms with Crippen molar-refractivity contribution in [2.24, 2.45) is 0 Å². The Hall–Kier alpha value is -3.28. The van der Waals surface area contributed by atoms with Gasteiger partial charge in [-0.3, -0.25) is 4.79 Å². The number of hydrogen-bond acceptors (Lipinski definition) is 4. The molecule has 0 bridgehead atoms. The monoisotopic (exact) mass is 322 g/mol. The Morgan fingerprint density at radius 3 is 2.46 bits per heavy atom. The first-order chi connectivity index (χ1) is 11.6. The molecule has 6 heteroatoms. The van der Waals surface area contributed by atoms with Gasteiger partial charge in [0.25, 0.3) is 5.91 Å². The average Bonchev–Trinajstić information content (AvgIpc) is 2.59. The van der Waals surface area contributed by atoms with E-state index in [9.17, 15) is 9.18 Å². The number of amides is 1. The second-order valence-electron chi connectivity index (χ2n) is 5.14. The second-order valence-corrected chi connectivity index (χ2v) is 5.14. The summed E-state index contributed by atoms with van der Waals surface area (Å²) in [7, 11) is 0. The molecular formula is C18H15FN4O. The minimum atomic E-state index is -0.504. The maximum Gasteiger partial charge on any atom is 0.274 e. The van der Waals surface area contributed by atoms with Crippen molar-refractivity contribution in [1.29, 1.82) is 0 Å². The fourth-order valence-electron chi connectivity index (χ4n) is 2.13. The number of para-hydroxylation sites is 2. The summed E-state index contributed by atoms with van der Waals surface area (Å²) in [6, 6.07) is 15.1. The minimum absolute atomic E-state index is 0.106. The molecule has 24 heavy (non-hydrogen) atoms. The zero-order chi connectivity index (χ0) is 16.9. The lowest BCUT2D eigenvalue weighted by Crippen LogP contribution is -2.15. The van der Waals surface area contributed by atoms with Gasteiger partial charge in [-0.05, 0) is 36.8 Å². The van der Waals surface area contributed by atoms with Crippen LogP contribution >= 0.6 is 0 Å². The first-order valence-electron chi connectivity index (χ1n) is 7.35. The number of nitrogens with zero attached hydrogens (tertiary/aromatic N) is 2. The number of aromatic nitrogens is 2. The number of anilines is 3. The highest BCUT2D eigenvalue weighted by atomic mass is 19.1. The van der Waals surface area contributed by atoms with Crippen molar-refractivity contribution >= 4 is 23.2 Å². The van der Waals surface area contributed by atoms with Crippen LogP contribution in [0.1, 0.15) is 16.1 Å². The van der Waals surface area contributed by atoms with Crippen molar-refractivity contribution in [2.75, 3.05) is 10.6 Å². The third-order valence-corrected chi connectivity index (χ3v) is 3.40. The number of hydrogen-bond donors (Lipinski definition) is 2. The zero-order valence-electron chi connectivity index (χ0n) is 13.0. The Labute approximate surface area is 138 Å². The summed E-state index contributed by atoms with van der Waals surface area (Å²) in [6.45, 7) is 1.96. The Kier molecular flexibility index (Phi) is 4.47. The van der Waals surface area contributed by atoms with Gasteiger partial charge in [0, 0.05) is 11.9 Å². The van der Waals surface area contributed by atoms with Gasteiger partial charge in [0.1, 0.15) is 11.5 Å². The van der Waals surface area contributed by atoms with Crippen molar-refractivity contribution < 1.29 is 9.18 Å². The molecule has 3 rings (SSSR count). The first-order valence-corrected chi connectivity index (χ1v) is 7.35. The predicted molar refractivity (Wildman–Crippen MR) is 90.8 cm³/mol. The number of aryl methyl sites for hydroxylation is 1. The predicted octanol–water partition coefficient (Wildman–Crippen LogP) is 3.92. The van der Waals surface area contributed by atoms with Crippen LogP contribution in [-0.4, -0.2) is 15.9 Å². The molecule has 2 aromatic carbocycles. The van der Waals surface area contributed by atoms with E-state index >= 15 is 0 Å². The number of carbonyl (C=O) groups is 1. The van der Waals surface area contributed by atoms with Crippen LogP contribution in [0.5, 0.6) is 0 Å². The van der Waals surface area contributed by atoms with Crippen LogP contribution in [0.4, 0.5) is 21.7 Å². The van der Waals surface area contributed by atoms with E-state index in [4.69, 9.17) is 0 Å². The molecule has 0 unspecified atom stereocenters. The van der Waals surface area contributed by atoms with Crippen molar-refractivity contribution in [3.8, 4) is 0 Å². The summed E-state index contributed by atoms with van der Waals surface area (Å²) in [5, 5.41) is 5.56. The average molecular weight is 322 g/mol. The van der Waals surface area contributed by atoms with Gasteiger partial charge in [-0.15, -0.1) is 0 Å². The van der Waals surface area contributed by atoms with E-state index in [2.05, 4.69) is 20.6 Å². The third-order valence-electron chi connectivity index (χ3n) is 3.40. The summed E-state index contributed by atoms with van der Waals surface area (Å²) in [5.41, 5.74) is 2.13. The maximum atomic E-state index is 13.6. The molecule has 0 aliphatic heterocycles. The number of benzene rings is 2. The molecule has 1 aromatic heterocycles. The molecule has 0 saturated heterocycles. The fraction of sp³-hybridized carbons (Fsp3) is 0.0556. The smallest absolute Gasteiger partial charge is 0.274 e. The highest BCUT2D eigenvalue weighted by molar-refractivity contribution is 6.03. The van der Waals surface area contributed by atoms with Crippen molar-refractivity contribution in [1.82, 2.24) is 9.97 Å². The molecule has 1 amide bonds. The van der Waals surface area contributed by atoms with Gasteiger partial charge in [-0.1, -0.05) is 30.3 Å². The Balaban J connectivity index is 1.79. The number of halogens is 1. The molecular weight excluding hydrogens is 307 g/mol. The lowest BCUT2D eigenvalue weighted by atomic mass is 10.2. The third kappa shape index (κ3) is 3.55. The van der Waals surface area contributed by atoms with Crippen LogP contribution in [0.25, 0.3) is 0 Å². The number of nitrogens with one attached hydrogen (secondary N) is 2. The molecule has 0 atom stereocenters. The molecule has 0 fully saturated rings. The lowest BCUT2D eigenvalue weighted by molar-refractivity contribution is 0.102. The first kappa shape index (κ1) is 15.6. The maximum absolute atomic E-state index is 13.6. The van der Waals surface area contributed by atoms with Crippen LogP contribution < -0.4 is 10.6 Å². The molecule has 2 N–H and O–H groups in total. The lowest BCUT2D eigenvalue weighted by Gasteiger charge is -2.09. The highest BCUT2D eigenvalue weighted by Crippen LogP contribution is 2.18. The van der Waals surface area contributed by atoms with Crippen LogP contribution in [0.15, 0.2) is 60.8 Å². The molecule has 0 saturated carbocycles. The van der Waals surface area contributed by atoms with Crippen molar-refractivity contribution in [3.63, 3.8) is 0 Å². The molecule has 3 aromatic rings. The number of rotatable bonds is 4. The second kappa shape index (κ2) is 6.87. The van der Waals surface area contributed by atoms with E-state index in [1.807, 2.05) is 31.2 Å². The summed E-state index contributed by atoms with van der Waals surface area (Å²) in [5.74, 6) is -0.709. The largest absolute Gasteiger partial charge is 0.324 e. The quantitative estimate of drug-likeness (QED) is 0.764. The summed E-state index contributed by atoms with van der Waals surface area (Å²) in [6.07, 6.45) is 1.48. The van der Waals surface area contributed by atoms with Gasteiger partial charge in [0.05, 0.1) is 5.69 Å². The van der Waals surface area contributed by atoms with Gasteiger partial charge in [0.2, 0.25) is 5.95 Å². The molecule has 5 nitrogen and oxygen atoms in total. The molecule has 0 aliphatic rings. The Morgan fingerprint density at radius 2 is 1.71 bits per heavy atom. The van der Waals surface area contributed by atoms with E-state index in [1.165, 1.54) is 24.4 Å². The SMILES string of the molecule is Cc1ccccc1Nc1nccc(C(=O)Nc2ccccc2F)n1. The topological polar surface area (TPSA) is 66.9 Å². The Bertz CT molecular complexity index is 882. The van der Waals surface area contributed by atoms with Crippen LogP contribution in [0.3, 0.4) is 0 Å². The van der Waals surface area contributed by atoms with E-state index < -0.39 is 11.7 Å².